The maximum absolute atomic E-state index is 9.74. The van der Waals surface area contributed by atoms with Gasteiger partial charge in [-0.15, -0.1) is 11.3 Å². The summed E-state index contributed by atoms with van der Waals surface area (Å²) in [6.45, 7) is 10.2. The van der Waals surface area contributed by atoms with E-state index < -0.39 is 0 Å². The van der Waals surface area contributed by atoms with Crippen molar-refractivity contribution in [3.05, 3.63) is 16.3 Å². The van der Waals surface area contributed by atoms with Crippen LogP contribution in [0.3, 0.4) is 0 Å². The van der Waals surface area contributed by atoms with Gasteiger partial charge in [0.25, 0.3) is 0 Å². The maximum atomic E-state index is 9.74. The molecule has 3 rings (SSSR count). The lowest BCUT2D eigenvalue weighted by Gasteiger charge is -2.36. The summed E-state index contributed by atoms with van der Waals surface area (Å²) in [5, 5.41) is 10.8. The first-order chi connectivity index (χ1) is 10.9. The highest BCUT2D eigenvalue weighted by molar-refractivity contribution is 7.18. The number of aliphatic hydroxyl groups excluding tert-OH is 1. The lowest BCUT2D eigenvalue weighted by molar-refractivity contribution is 0.0572. The summed E-state index contributed by atoms with van der Waals surface area (Å²) in [6, 6.07) is 0.152. The van der Waals surface area contributed by atoms with Crippen LogP contribution in [-0.2, 0) is 0 Å². The average Bonchev–Trinajstić information content (AvgIpc) is 2.81. The Morgan fingerprint density at radius 3 is 2.48 bits per heavy atom. The predicted molar refractivity (Wildman–Crippen MR) is 95.7 cm³/mol. The largest absolute Gasteiger partial charge is 0.393 e. The zero-order valence-corrected chi connectivity index (χ0v) is 15.2. The molecular weight excluding hydrogens is 308 g/mol. The van der Waals surface area contributed by atoms with E-state index in [9.17, 15) is 5.11 Å². The number of aromatic nitrogens is 2. The SMILES string of the molecule is Cc1sc2nc(C(C)N3CCC(C(C)O)CC3)nc(N)c2c1C. The third kappa shape index (κ3) is 3.07. The molecule has 0 saturated carbocycles. The van der Waals surface area contributed by atoms with E-state index in [0.717, 1.165) is 42.0 Å². The molecule has 2 aromatic heterocycles. The van der Waals surface area contributed by atoms with Gasteiger partial charge < -0.3 is 10.8 Å². The van der Waals surface area contributed by atoms with Gasteiger partial charge in [-0.1, -0.05) is 0 Å². The van der Waals surface area contributed by atoms with Crippen molar-refractivity contribution < 1.29 is 5.11 Å². The minimum absolute atomic E-state index is 0.152. The molecule has 1 aliphatic heterocycles. The zero-order valence-electron chi connectivity index (χ0n) is 14.3. The zero-order chi connectivity index (χ0) is 16.7. The number of aryl methyl sites for hydroxylation is 2. The Morgan fingerprint density at radius 1 is 1.22 bits per heavy atom. The molecule has 0 radical (unpaired) electrons. The van der Waals surface area contributed by atoms with Crippen molar-refractivity contribution in [2.75, 3.05) is 18.8 Å². The second-order valence-corrected chi connectivity index (χ2v) is 7.92. The first-order valence-corrected chi connectivity index (χ1v) is 9.15. The smallest absolute Gasteiger partial charge is 0.149 e. The fourth-order valence-corrected chi connectivity index (χ4v) is 4.48. The summed E-state index contributed by atoms with van der Waals surface area (Å²) >= 11 is 1.69. The summed E-state index contributed by atoms with van der Waals surface area (Å²) in [6.07, 6.45) is 1.83. The van der Waals surface area contributed by atoms with Gasteiger partial charge in [-0.3, -0.25) is 4.90 Å². The molecule has 0 spiro atoms. The maximum Gasteiger partial charge on any atom is 0.149 e. The Balaban J connectivity index is 1.83. The molecule has 0 amide bonds. The van der Waals surface area contributed by atoms with E-state index in [-0.39, 0.29) is 12.1 Å². The third-order valence-electron chi connectivity index (χ3n) is 5.25. The highest BCUT2D eigenvalue weighted by Crippen LogP contribution is 2.34. The van der Waals surface area contributed by atoms with Crippen molar-refractivity contribution >= 4 is 27.4 Å². The Morgan fingerprint density at radius 2 is 1.87 bits per heavy atom. The number of likely N-dealkylation sites (tertiary alicyclic amines) is 1. The summed E-state index contributed by atoms with van der Waals surface area (Å²) in [7, 11) is 0. The molecular formula is C17H26N4OS. The van der Waals surface area contributed by atoms with Gasteiger partial charge in [0.05, 0.1) is 17.5 Å². The Bertz CT molecular complexity index is 704. The van der Waals surface area contributed by atoms with Crippen molar-refractivity contribution in [3.8, 4) is 0 Å². The molecule has 3 heterocycles. The van der Waals surface area contributed by atoms with Gasteiger partial charge in [0.2, 0.25) is 0 Å². The molecule has 126 valence electrons. The molecule has 0 bridgehead atoms. The molecule has 1 saturated heterocycles. The fourth-order valence-electron chi connectivity index (χ4n) is 3.44. The minimum Gasteiger partial charge on any atom is -0.393 e. The molecule has 1 fully saturated rings. The second kappa shape index (κ2) is 6.34. The van der Waals surface area contributed by atoms with E-state index in [1.165, 1.54) is 10.4 Å². The normalized spacial score (nSPS) is 20.0. The first kappa shape index (κ1) is 16.6. The van der Waals surface area contributed by atoms with Crippen LogP contribution in [0.15, 0.2) is 0 Å². The van der Waals surface area contributed by atoms with E-state index in [1.54, 1.807) is 11.3 Å². The van der Waals surface area contributed by atoms with Crippen molar-refractivity contribution in [1.29, 1.82) is 0 Å². The molecule has 6 heteroatoms. The molecule has 2 unspecified atom stereocenters. The van der Waals surface area contributed by atoms with Crippen LogP contribution in [0, 0.1) is 19.8 Å². The number of nitrogens with zero attached hydrogens (tertiary/aromatic N) is 3. The monoisotopic (exact) mass is 334 g/mol. The summed E-state index contributed by atoms with van der Waals surface area (Å²) in [4.78, 5) is 14.0. The molecule has 3 N–H and O–H groups in total. The third-order valence-corrected chi connectivity index (χ3v) is 6.35. The number of piperidine rings is 1. The van der Waals surface area contributed by atoms with Crippen LogP contribution in [-0.4, -0.2) is 39.2 Å². The van der Waals surface area contributed by atoms with Gasteiger partial charge in [0.15, 0.2) is 0 Å². The Kier molecular flexibility index (Phi) is 4.58. The first-order valence-electron chi connectivity index (χ1n) is 8.33. The predicted octanol–water partition coefficient (Wildman–Crippen LogP) is 3.04. The number of nitrogen functional groups attached to an aromatic ring is 1. The minimum atomic E-state index is -0.215. The van der Waals surface area contributed by atoms with Gasteiger partial charge in [0.1, 0.15) is 16.5 Å². The van der Waals surface area contributed by atoms with Crippen LogP contribution in [0.2, 0.25) is 0 Å². The van der Waals surface area contributed by atoms with Gasteiger partial charge >= 0.3 is 0 Å². The van der Waals surface area contributed by atoms with Crippen LogP contribution in [0.1, 0.15) is 49.0 Å². The number of fused-ring (bicyclic) bond motifs is 1. The highest BCUT2D eigenvalue weighted by Gasteiger charge is 2.27. The molecule has 2 aromatic rings. The molecule has 0 aliphatic carbocycles. The summed E-state index contributed by atoms with van der Waals surface area (Å²) in [5.74, 6) is 1.82. The summed E-state index contributed by atoms with van der Waals surface area (Å²) in [5.41, 5.74) is 7.40. The number of aliphatic hydroxyl groups is 1. The lowest BCUT2D eigenvalue weighted by atomic mass is 9.91. The van der Waals surface area contributed by atoms with Crippen molar-refractivity contribution in [2.24, 2.45) is 5.92 Å². The highest BCUT2D eigenvalue weighted by atomic mass is 32.1. The van der Waals surface area contributed by atoms with Crippen LogP contribution in [0.25, 0.3) is 10.2 Å². The Hall–Kier alpha value is -1.24. The molecule has 23 heavy (non-hydrogen) atoms. The van der Waals surface area contributed by atoms with E-state index in [2.05, 4.69) is 30.7 Å². The van der Waals surface area contributed by atoms with Crippen molar-refractivity contribution in [1.82, 2.24) is 14.9 Å². The molecule has 1 aliphatic rings. The van der Waals surface area contributed by atoms with E-state index >= 15 is 0 Å². The fraction of sp³-hybridized carbons (Fsp3) is 0.647. The average molecular weight is 334 g/mol. The summed E-state index contributed by atoms with van der Waals surface area (Å²) < 4.78 is 0. The quantitative estimate of drug-likeness (QED) is 0.902. The van der Waals surface area contributed by atoms with E-state index in [0.29, 0.717) is 11.7 Å². The number of hydrogen-bond donors (Lipinski definition) is 2. The van der Waals surface area contributed by atoms with Gasteiger partial charge in [-0.05, 0) is 65.1 Å². The standard InChI is InChI=1S/C17H26N4OS/c1-9-12(4)23-17-14(9)15(18)19-16(20-17)10(2)21-7-5-13(6-8-21)11(3)22/h10-11,13,22H,5-8H2,1-4H3,(H2,18,19,20). The number of hydrogen-bond acceptors (Lipinski definition) is 6. The lowest BCUT2D eigenvalue weighted by Crippen LogP contribution is -2.39. The number of anilines is 1. The molecule has 5 nitrogen and oxygen atoms in total. The van der Waals surface area contributed by atoms with Crippen LogP contribution < -0.4 is 5.73 Å². The van der Waals surface area contributed by atoms with E-state index in [4.69, 9.17) is 10.7 Å². The topological polar surface area (TPSA) is 75.3 Å². The van der Waals surface area contributed by atoms with Crippen molar-refractivity contribution in [2.45, 2.75) is 52.7 Å². The molecule has 2 atom stereocenters. The van der Waals surface area contributed by atoms with Gasteiger partial charge in [0, 0.05) is 4.88 Å². The van der Waals surface area contributed by atoms with Crippen LogP contribution >= 0.6 is 11.3 Å². The van der Waals surface area contributed by atoms with Crippen LogP contribution in [0.4, 0.5) is 5.82 Å². The Labute approximate surface area is 141 Å². The van der Waals surface area contributed by atoms with E-state index in [1.807, 2.05) is 6.92 Å². The van der Waals surface area contributed by atoms with Crippen molar-refractivity contribution in [3.63, 3.8) is 0 Å². The number of thiophene rings is 1. The second-order valence-electron chi connectivity index (χ2n) is 6.72. The van der Waals surface area contributed by atoms with Gasteiger partial charge in [-0.25, -0.2) is 9.97 Å². The van der Waals surface area contributed by atoms with Gasteiger partial charge in [-0.2, -0.15) is 0 Å². The molecule has 0 aromatic carbocycles. The number of rotatable bonds is 3. The number of nitrogens with two attached hydrogens (primary N) is 1. The van der Waals surface area contributed by atoms with Crippen LogP contribution in [0.5, 0.6) is 0 Å².